The van der Waals surface area contributed by atoms with Gasteiger partial charge in [-0.3, -0.25) is 0 Å². The lowest BCUT2D eigenvalue weighted by Gasteiger charge is -2.25. The van der Waals surface area contributed by atoms with E-state index >= 15 is 0 Å². The molecule has 0 aliphatic rings. The molecule has 0 aliphatic heterocycles. The van der Waals surface area contributed by atoms with Gasteiger partial charge in [-0.05, 0) is 49.8 Å². The zero-order valence-corrected chi connectivity index (χ0v) is 11.9. The fourth-order valence-corrected chi connectivity index (χ4v) is 1.98. The van der Waals surface area contributed by atoms with Gasteiger partial charge in [0.2, 0.25) is 0 Å². The first-order valence-corrected chi connectivity index (χ1v) is 6.44. The van der Waals surface area contributed by atoms with Gasteiger partial charge in [0.15, 0.2) is 0 Å². The minimum absolute atomic E-state index is 0.115. The lowest BCUT2D eigenvalue weighted by atomic mass is 9.80. The Kier molecular flexibility index (Phi) is 4.83. The predicted octanol–water partition coefficient (Wildman–Crippen LogP) is 5.73. The van der Waals surface area contributed by atoms with Crippen molar-refractivity contribution in [3.63, 3.8) is 0 Å². The maximum absolute atomic E-state index is 12.5. The third kappa shape index (κ3) is 4.73. The van der Waals surface area contributed by atoms with E-state index in [0.29, 0.717) is 0 Å². The first kappa shape index (κ1) is 15.8. The normalized spacial score (nSPS) is 12.4. The largest absolute Gasteiger partial charge is 0.416 e. The van der Waals surface area contributed by atoms with Crippen LogP contribution < -0.4 is 0 Å². The summed E-state index contributed by atoms with van der Waals surface area (Å²) in [5.74, 6) is 0. The summed E-state index contributed by atoms with van der Waals surface area (Å²) in [5, 5.41) is 0. The number of alkyl halides is 3. The van der Waals surface area contributed by atoms with E-state index < -0.39 is 11.7 Å². The highest BCUT2D eigenvalue weighted by Gasteiger charge is 2.30. The molecule has 0 amide bonds. The van der Waals surface area contributed by atoms with Crippen LogP contribution >= 0.6 is 0 Å². The number of halogens is 3. The van der Waals surface area contributed by atoms with E-state index in [0.717, 1.165) is 30.5 Å². The average molecular weight is 270 g/mol. The molecule has 1 aromatic rings. The fourth-order valence-electron chi connectivity index (χ4n) is 1.98. The van der Waals surface area contributed by atoms with Crippen LogP contribution in [-0.2, 0) is 11.6 Å². The third-order valence-electron chi connectivity index (χ3n) is 3.32. The minimum atomic E-state index is -4.26. The quantitative estimate of drug-likeness (QED) is 0.613. The van der Waals surface area contributed by atoms with Gasteiger partial charge in [-0.15, -0.1) is 0 Å². The molecule has 0 aliphatic carbocycles. The standard InChI is InChI=1S/C16H21F3/c1-12(2)6-5-11-15(3,4)13-7-9-14(10-8-13)16(17,18)19/h6-10H,5,11H2,1-4H3. The van der Waals surface area contributed by atoms with Crippen LogP contribution in [0.3, 0.4) is 0 Å². The van der Waals surface area contributed by atoms with Crippen molar-refractivity contribution in [3.05, 3.63) is 47.0 Å². The second kappa shape index (κ2) is 5.81. The highest BCUT2D eigenvalue weighted by molar-refractivity contribution is 5.29. The van der Waals surface area contributed by atoms with Crippen molar-refractivity contribution in [1.82, 2.24) is 0 Å². The zero-order chi connectivity index (χ0) is 14.7. The van der Waals surface area contributed by atoms with Gasteiger partial charge in [-0.25, -0.2) is 0 Å². The number of rotatable bonds is 4. The Morgan fingerprint density at radius 3 is 1.89 bits per heavy atom. The monoisotopic (exact) mass is 270 g/mol. The molecule has 106 valence electrons. The molecule has 0 unspecified atom stereocenters. The highest BCUT2D eigenvalue weighted by atomic mass is 19.4. The van der Waals surface area contributed by atoms with Crippen LogP contribution in [0.25, 0.3) is 0 Å². The molecule has 0 radical (unpaired) electrons. The van der Waals surface area contributed by atoms with Crippen LogP contribution in [0.2, 0.25) is 0 Å². The van der Waals surface area contributed by atoms with E-state index in [1.807, 2.05) is 13.8 Å². The Balaban J connectivity index is 2.81. The Bertz CT molecular complexity index is 432. The second-order valence-corrected chi connectivity index (χ2v) is 5.78. The van der Waals surface area contributed by atoms with Crippen LogP contribution in [0.5, 0.6) is 0 Å². The predicted molar refractivity (Wildman–Crippen MR) is 73.1 cm³/mol. The summed E-state index contributed by atoms with van der Waals surface area (Å²) in [6, 6.07) is 5.51. The van der Waals surface area contributed by atoms with Gasteiger partial charge >= 0.3 is 6.18 Å². The van der Waals surface area contributed by atoms with Crippen molar-refractivity contribution in [3.8, 4) is 0 Å². The van der Waals surface area contributed by atoms with E-state index in [9.17, 15) is 13.2 Å². The van der Waals surface area contributed by atoms with E-state index in [1.165, 1.54) is 5.57 Å². The number of benzene rings is 1. The molecule has 0 saturated heterocycles. The van der Waals surface area contributed by atoms with E-state index in [4.69, 9.17) is 0 Å². The maximum atomic E-state index is 12.5. The van der Waals surface area contributed by atoms with Gasteiger partial charge in [0.25, 0.3) is 0 Å². The van der Waals surface area contributed by atoms with Gasteiger partial charge in [-0.1, -0.05) is 37.6 Å². The topological polar surface area (TPSA) is 0 Å². The van der Waals surface area contributed by atoms with Crippen molar-refractivity contribution < 1.29 is 13.2 Å². The molecular weight excluding hydrogens is 249 g/mol. The van der Waals surface area contributed by atoms with E-state index in [1.54, 1.807) is 12.1 Å². The molecule has 0 nitrogen and oxygen atoms in total. The molecule has 0 fully saturated rings. The van der Waals surface area contributed by atoms with Crippen molar-refractivity contribution >= 4 is 0 Å². The molecule has 0 heterocycles. The minimum Gasteiger partial charge on any atom is -0.166 e. The first-order valence-electron chi connectivity index (χ1n) is 6.44. The van der Waals surface area contributed by atoms with Crippen LogP contribution in [0.15, 0.2) is 35.9 Å². The maximum Gasteiger partial charge on any atom is 0.416 e. The van der Waals surface area contributed by atoms with Gasteiger partial charge in [0.1, 0.15) is 0 Å². The third-order valence-corrected chi connectivity index (χ3v) is 3.32. The number of hydrogen-bond donors (Lipinski definition) is 0. The zero-order valence-electron chi connectivity index (χ0n) is 11.9. The molecule has 0 saturated carbocycles. The molecule has 3 heteroatoms. The summed E-state index contributed by atoms with van der Waals surface area (Å²) in [5.41, 5.74) is 1.51. The molecule has 19 heavy (non-hydrogen) atoms. The molecule has 0 N–H and O–H groups in total. The van der Waals surface area contributed by atoms with Gasteiger partial charge < -0.3 is 0 Å². The Labute approximate surface area is 113 Å². The van der Waals surface area contributed by atoms with E-state index in [2.05, 4.69) is 19.9 Å². The molecule has 0 aromatic heterocycles. The average Bonchev–Trinajstić information content (AvgIpc) is 2.27. The molecule has 1 rings (SSSR count). The molecular formula is C16H21F3. The molecule has 0 atom stereocenters. The smallest absolute Gasteiger partial charge is 0.166 e. The van der Waals surface area contributed by atoms with Gasteiger partial charge in [-0.2, -0.15) is 13.2 Å². The summed E-state index contributed by atoms with van der Waals surface area (Å²) < 4.78 is 37.5. The number of allylic oxidation sites excluding steroid dienone is 2. The van der Waals surface area contributed by atoms with Crippen LogP contribution in [0.1, 0.15) is 51.7 Å². The summed E-state index contributed by atoms with van der Waals surface area (Å²) in [6.07, 6.45) is -0.240. The van der Waals surface area contributed by atoms with Crippen molar-refractivity contribution in [1.29, 1.82) is 0 Å². The fraction of sp³-hybridized carbons (Fsp3) is 0.500. The van der Waals surface area contributed by atoms with Crippen LogP contribution in [0.4, 0.5) is 13.2 Å². The van der Waals surface area contributed by atoms with Crippen LogP contribution in [-0.4, -0.2) is 0 Å². The molecule has 1 aromatic carbocycles. The molecule has 0 bridgehead atoms. The van der Waals surface area contributed by atoms with Gasteiger partial charge in [0, 0.05) is 0 Å². The summed E-state index contributed by atoms with van der Waals surface area (Å²) >= 11 is 0. The first-order chi connectivity index (χ1) is 8.63. The van der Waals surface area contributed by atoms with Gasteiger partial charge in [0.05, 0.1) is 5.56 Å². The second-order valence-electron chi connectivity index (χ2n) is 5.78. The summed E-state index contributed by atoms with van der Waals surface area (Å²) in [7, 11) is 0. The Hall–Kier alpha value is -1.25. The summed E-state index contributed by atoms with van der Waals surface area (Å²) in [6.45, 7) is 8.22. The Morgan fingerprint density at radius 1 is 1.00 bits per heavy atom. The summed E-state index contributed by atoms with van der Waals surface area (Å²) in [4.78, 5) is 0. The van der Waals surface area contributed by atoms with Crippen molar-refractivity contribution in [2.75, 3.05) is 0 Å². The highest BCUT2D eigenvalue weighted by Crippen LogP contribution is 2.33. The molecule has 0 spiro atoms. The van der Waals surface area contributed by atoms with Crippen molar-refractivity contribution in [2.24, 2.45) is 0 Å². The lowest BCUT2D eigenvalue weighted by molar-refractivity contribution is -0.137. The van der Waals surface area contributed by atoms with E-state index in [-0.39, 0.29) is 5.41 Å². The van der Waals surface area contributed by atoms with Crippen molar-refractivity contribution in [2.45, 2.75) is 52.1 Å². The number of hydrogen-bond acceptors (Lipinski definition) is 0. The SMILES string of the molecule is CC(C)=CCCC(C)(C)c1ccc(C(F)(F)F)cc1. The van der Waals surface area contributed by atoms with Crippen LogP contribution in [0, 0.1) is 0 Å². The lowest BCUT2D eigenvalue weighted by Crippen LogP contribution is -2.17. The Morgan fingerprint density at radius 2 is 1.47 bits per heavy atom.